The molecule has 0 spiro atoms. The number of hydrogen-bond acceptors (Lipinski definition) is 2. The van der Waals surface area contributed by atoms with Crippen LogP contribution in [0.5, 0.6) is 5.75 Å². The Morgan fingerprint density at radius 2 is 1.67 bits per heavy atom. The summed E-state index contributed by atoms with van der Waals surface area (Å²) in [6.45, 7) is 2.70. The van der Waals surface area contributed by atoms with Crippen LogP contribution >= 0.6 is 34.8 Å². The van der Waals surface area contributed by atoms with Gasteiger partial charge in [-0.2, -0.15) is 0 Å². The van der Waals surface area contributed by atoms with Gasteiger partial charge in [0.05, 0.1) is 27.3 Å². The highest BCUT2D eigenvalue weighted by atomic mass is 35.5. The fraction of sp³-hybridized carbons (Fsp3) is 0.250. The molecule has 0 amide bonds. The summed E-state index contributed by atoms with van der Waals surface area (Å²) < 4.78 is 5.91. The number of ether oxygens (including phenoxy) is 1. The van der Waals surface area contributed by atoms with Gasteiger partial charge in [-0.1, -0.05) is 59.9 Å². The lowest BCUT2D eigenvalue weighted by Gasteiger charge is -2.19. The second-order valence-electron chi connectivity index (χ2n) is 4.59. The predicted molar refractivity (Wildman–Crippen MR) is 91.1 cm³/mol. The van der Waals surface area contributed by atoms with Crippen LogP contribution in [-0.4, -0.2) is 12.6 Å². The summed E-state index contributed by atoms with van der Waals surface area (Å²) in [7, 11) is 0. The fourth-order valence-corrected chi connectivity index (χ4v) is 2.46. The molecule has 1 N–H and O–H groups in total. The van der Waals surface area contributed by atoms with Crippen LogP contribution in [-0.2, 0) is 0 Å². The average molecular weight is 345 g/mol. The van der Waals surface area contributed by atoms with Crippen molar-refractivity contribution in [2.24, 2.45) is 0 Å². The molecular formula is C16H16Cl3NO. The van der Waals surface area contributed by atoms with Gasteiger partial charge in [0.25, 0.3) is 0 Å². The maximum Gasteiger partial charge on any atom is 0.119 e. The standard InChI is InChI=1S/C16H16Cl3NO/c1-2-11(21-12-6-4-3-5-7-12)10-20-16-9-14(18)13(17)8-15(16)19/h3-9,11,20H,2,10H2,1H3. The highest BCUT2D eigenvalue weighted by molar-refractivity contribution is 6.44. The maximum absolute atomic E-state index is 6.14. The Kier molecular flexibility index (Phi) is 6.04. The number of halogens is 3. The van der Waals surface area contributed by atoms with Crippen molar-refractivity contribution in [2.45, 2.75) is 19.4 Å². The van der Waals surface area contributed by atoms with Gasteiger partial charge in [-0.25, -0.2) is 0 Å². The van der Waals surface area contributed by atoms with Gasteiger partial charge in [0.15, 0.2) is 0 Å². The van der Waals surface area contributed by atoms with Gasteiger partial charge < -0.3 is 10.1 Å². The van der Waals surface area contributed by atoms with Gasteiger partial charge in [-0.3, -0.25) is 0 Å². The van der Waals surface area contributed by atoms with E-state index in [1.165, 1.54) is 0 Å². The summed E-state index contributed by atoms with van der Waals surface area (Å²) in [5, 5.41) is 4.71. The molecule has 21 heavy (non-hydrogen) atoms. The topological polar surface area (TPSA) is 21.3 Å². The first kappa shape index (κ1) is 16.3. The van der Waals surface area contributed by atoms with Crippen molar-refractivity contribution in [3.05, 3.63) is 57.5 Å². The zero-order valence-corrected chi connectivity index (χ0v) is 13.8. The molecule has 0 radical (unpaired) electrons. The third-order valence-electron chi connectivity index (χ3n) is 3.03. The third kappa shape index (κ3) is 4.70. The number of nitrogens with one attached hydrogen (secondary N) is 1. The first-order valence-electron chi connectivity index (χ1n) is 6.70. The molecule has 1 atom stereocenters. The molecule has 2 nitrogen and oxygen atoms in total. The van der Waals surface area contributed by atoms with E-state index in [9.17, 15) is 0 Å². The molecule has 0 bridgehead atoms. The van der Waals surface area contributed by atoms with E-state index in [-0.39, 0.29) is 6.10 Å². The van der Waals surface area contributed by atoms with Gasteiger partial charge in [-0.05, 0) is 30.7 Å². The lowest BCUT2D eigenvalue weighted by atomic mass is 10.2. The van der Waals surface area contributed by atoms with Crippen LogP contribution in [0.25, 0.3) is 0 Å². The van der Waals surface area contributed by atoms with Crippen molar-refractivity contribution in [3.8, 4) is 5.75 Å². The Balaban J connectivity index is 1.99. The molecule has 0 saturated heterocycles. The van der Waals surface area contributed by atoms with Crippen LogP contribution in [0.15, 0.2) is 42.5 Å². The average Bonchev–Trinajstić information content (AvgIpc) is 2.49. The summed E-state index contributed by atoms with van der Waals surface area (Å²) in [5.74, 6) is 0.853. The van der Waals surface area contributed by atoms with E-state index < -0.39 is 0 Å². The Labute approximate surface area is 140 Å². The van der Waals surface area contributed by atoms with E-state index >= 15 is 0 Å². The third-order valence-corrected chi connectivity index (χ3v) is 4.07. The lowest BCUT2D eigenvalue weighted by molar-refractivity contribution is 0.210. The van der Waals surface area contributed by atoms with Gasteiger partial charge in [0, 0.05) is 0 Å². The molecule has 0 aliphatic rings. The normalized spacial score (nSPS) is 12.0. The molecule has 0 aromatic heterocycles. The van der Waals surface area contributed by atoms with Crippen LogP contribution in [0.4, 0.5) is 5.69 Å². The maximum atomic E-state index is 6.14. The number of hydrogen-bond donors (Lipinski definition) is 1. The molecule has 0 saturated carbocycles. The van der Waals surface area contributed by atoms with Crippen molar-refractivity contribution >= 4 is 40.5 Å². The second kappa shape index (κ2) is 7.79. The SMILES string of the molecule is CCC(CNc1cc(Cl)c(Cl)cc1Cl)Oc1ccccc1. The van der Waals surface area contributed by atoms with Crippen molar-refractivity contribution in [3.63, 3.8) is 0 Å². The van der Waals surface area contributed by atoms with Gasteiger partial charge in [0.1, 0.15) is 11.9 Å². The molecule has 2 aromatic rings. The van der Waals surface area contributed by atoms with Crippen molar-refractivity contribution in [1.29, 1.82) is 0 Å². The zero-order valence-electron chi connectivity index (χ0n) is 11.6. The van der Waals surface area contributed by atoms with E-state index in [2.05, 4.69) is 12.2 Å². The van der Waals surface area contributed by atoms with Crippen LogP contribution in [0.3, 0.4) is 0 Å². The summed E-state index contributed by atoms with van der Waals surface area (Å²) in [6, 6.07) is 13.1. The number of benzene rings is 2. The van der Waals surface area contributed by atoms with E-state index in [4.69, 9.17) is 39.5 Å². The summed E-state index contributed by atoms with van der Waals surface area (Å²) in [6.07, 6.45) is 0.916. The number of anilines is 1. The van der Waals surface area contributed by atoms with Gasteiger partial charge in [0.2, 0.25) is 0 Å². The largest absolute Gasteiger partial charge is 0.489 e. The summed E-state index contributed by atoms with van der Waals surface area (Å²) in [4.78, 5) is 0. The smallest absolute Gasteiger partial charge is 0.119 e. The molecule has 5 heteroatoms. The Morgan fingerprint density at radius 3 is 2.33 bits per heavy atom. The molecule has 1 unspecified atom stereocenters. The first-order chi connectivity index (χ1) is 10.1. The van der Waals surface area contributed by atoms with E-state index in [0.29, 0.717) is 21.6 Å². The molecule has 2 rings (SSSR count). The van der Waals surface area contributed by atoms with Crippen LogP contribution in [0.2, 0.25) is 15.1 Å². The minimum atomic E-state index is 0.0397. The quantitative estimate of drug-likeness (QED) is 0.657. The highest BCUT2D eigenvalue weighted by Crippen LogP contribution is 2.32. The van der Waals surface area contributed by atoms with Crippen molar-refractivity contribution < 1.29 is 4.74 Å². The summed E-state index contributed by atoms with van der Waals surface area (Å²) in [5.41, 5.74) is 0.751. The lowest BCUT2D eigenvalue weighted by Crippen LogP contribution is -2.25. The van der Waals surface area contributed by atoms with E-state index in [0.717, 1.165) is 17.9 Å². The van der Waals surface area contributed by atoms with Gasteiger partial charge >= 0.3 is 0 Å². The van der Waals surface area contributed by atoms with Crippen LogP contribution < -0.4 is 10.1 Å². The highest BCUT2D eigenvalue weighted by Gasteiger charge is 2.10. The van der Waals surface area contributed by atoms with Gasteiger partial charge in [-0.15, -0.1) is 0 Å². The monoisotopic (exact) mass is 343 g/mol. The predicted octanol–water partition coefficient (Wildman–Crippen LogP) is 5.92. The Bertz CT molecular complexity index is 590. The Hall–Kier alpha value is -1.09. The minimum absolute atomic E-state index is 0.0397. The Morgan fingerprint density at radius 1 is 1.00 bits per heavy atom. The summed E-state index contributed by atoms with van der Waals surface area (Å²) >= 11 is 18.1. The molecule has 0 fully saturated rings. The number of para-hydroxylation sites is 1. The molecule has 0 heterocycles. The fourth-order valence-electron chi connectivity index (χ4n) is 1.84. The number of rotatable bonds is 6. The molecule has 0 aliphatic carbocycles. The molecule has 0 aliphatic heterocycles. The first-order valence-corrected chi connectivity index (χ1v) is 7.83. The second-order valence-corrected chi connectivity index (χ2v) is 5.81. The van der Waals surface area contributed by atoms with Crippen molar-refractivity contribution in [1.82, 2.24) is 0 Å². The molecule has 112 valence electrons. The zero-order chi connectivity index (χ0) is 15.2. The van der Waals surface area contributed by atoms with Crippen LogP contribution in [0.1, 0.15) is 13.3 Å². The van der Waals surface area contributed by atoms with E-state index in [1.54, 1.807) is 12.1 Å². The molecule has 2 aromatic carbocycles. The minimum Gasteiger partial charge on any atom is -0.489 e. The van der Waals surface area contributed by atoms with Crippen molar-refractivity contribution in [2.75, 3.05) is 11.9 Å². The molecular weight excluding hydrogens is 329 g/mol. The van der Waals surface area contributed by atoms with Crippen LogP contribution in [0, 0.1) is 0 Å². The van der Waals surface area contributed by atoms with E-state index in [1.807, 2.05) is 30.3 Å².